The van der Waals surface area contributed by atoms with Crippen LogP contribution in [0.4, 0.5) is 5.69 Å². The fourth-order valence-corrected chi connectivity index (χ4v) is 4.71. The topological polar surface area (TPSA) is 86.8 Å². The van der Waals surface area contributed by atoms with Crippen molar-refractivity contribution in [2.45, 2.75) is 39.3 Å². The predicted molar refractivity (Wildman–Crippen MR) is 138 cm³/mol. The van der Waals surface area contributed by atoms with Gasteiger partial charge in [0.15, 0.2) is 0 Å². The highest BCUT2D eigenvalue weighted by Gasteiger charge is 2.31. The van der Waals surface area contributed by atoms with Gasteiger partial charge in [-0.2, -0.15) is 0 Å². The first-order valence-electron chi connectivity index (χ1n) is 10.7. The third-order valence-electron chi connectivity index (χ3n) is 5.05. The number of carbonyl (C=O) groups is 2. The van der Waals surface area contributed by atoms with Crippen molar-refractivity contribution in [2.75, 3.05) is 23.7 Å². The van der Waals surface area contributed by atoms with Crippen molar-refractivity contribution in [3.63, 3.8) is 0 Å². The molecule has 0 fully saturated rings. The summed E-state index contributed by atoms with van der Waals surface area (Å²) in [5, 5.41) is 3.82. The molecule has 0 aromatic heterocycles. The Morgan fingerprint density at radius 1 is 1.03 bits per heavy atom. The number of benzene rings is 2. The number of sulfonamides is 1. The van der Waals surface area contributed by atoms with Gasteiger partial charge in [-0.1, -0.05) is 60.8 Å². The maximum Gasteiger partial charge on any atom is 0.244 e. The minimum Gasteiger partial charge on any atom is -0.354 e. The first-order chi connectivity index (χ1) is 16.0. The summed E-state index contributed by atoms with van der Waals surface area (Å²) in [7, 11) is -3.83. The molecule has 0 spiro atoms. The smallest absolute Gasteiger partial charge is 0.244 e. The molecule has 2 aromatic carbocycles. The van der Waals surface area contributed by atoms with Crippen molar-refractivity contribution in [3.8, 4) is 0 Å². The fraction of sp³-hybridized carbons (Fsp3) is 0.391. The average molecular weight is 549 g/mol. The number of hydrogen-bond acceptors (Lipinski definition) is 4. The number of nitrogens with zero attached hydrogens (tertiary/aromatic N) is 2. The van der Waals surface area contributed by atoms with Crippen LogP contribution in [-0.4, -0.2) is 50.5 Å². The number of anilines is 1. The van der Waals surface area contributed by atoms with Crippen LogP contribution in [0.5, 0.6) is 0 Å². The third-order valence-corrected chi connectivity index (χ3v) is 7.16. The highest BCUT2D eigenvalue weighted by Crippen LogP contribution is 2.25. The van der Waals surface area contributed by atoms with Crippen LogP contribution in [-0.2, 0) is 26.2 Å². The van der Waals surface area contributed by atoms with E-state index in [1.54, 1.807) is 43.3 Å². The average Bonchev–Trinajstić information content (AvgIpc) is 2.77. The van der Waals surface area contributed by atoms with Crippen molar-refractivity contribution >= 4 is 62.3 Å². The Hall–Kier alpha value is -2.00. The molecule has 34 heavy (non-hydrogen) atoms. The second-order valence-corrected chi connectivity index (χ2v) is 10.9. The van der Waals surface area contributed by atoms with Gasteiger partial charge in [0.2, 0.25) is 21.8 Å². The summed E-state index contributed by atoms with van der Waals surface area (Å²) in [5.41, 5.74) is 0.902. The van der Waals surface area contributed by atoms with Crippen molar-refractivity contribution in [1.82, 2.24) is 10.2 Å². The molecule has 0 saturated heterocycles. The maximum atomic E-state index is 13.5. The number of carbonyl (C=O) groups excluding carboxylic acids is 2. The van der Waals surface area contributed by atoms with Crippen LogP contribution in [0.2, 0.25) is 15.1 Å². The summed E-state index contributed by atoms with van der Waals surface area (Å²) >= 11 is 18.2. The quantitative estimate of drug-likeness (QED) is 0.439. The van der Waals surface area contributed by atoms with Crippen molar-refractivity contribution < 1.29 is 18.0 Å². The Morgan fingerprint density at radius 3 is 2.29 bits per heavy atom. The maximum absolute atomic E-state index is 13.5. The Morgan fingerprint density at radius 2 is 1.74 bits per heavy atom. The molecule has 2 rings (SSSR count). The standard InChI is InChI=1S/C23H28Cl3N3O4S/c1-4-11-27-23(31)21(5-2)28(14-16-9-10-19(25)20(26)12-16)22(30)15-29(34(3,32)33)18-8-6-7-17(24)13-18/h6-10,12-13,21H,4-5,11,14-15H2,1-3H3,(H,27,31)/t21-/m1/s1. The van der Waals surface area contributed by atoms with Gasteiger partial charge >= 0.3 is 0 Å². The second-order valence-electron chi connectivity index (χ2n) is 7.73. The lowest BCUT2D eigenvalue weighted by Gasteiger charge is -2.33. The summed E-state index contributed by atoms with van der Waals surface area (Å²) in [5.74, 6) is -0.860. The van der Waals surface area contributed by atoms with E-state index in [0.29, 0.717) is 33.6 Å². The summed E-state index contributed by atoms with van der Waals surface area (Å²) < 4.78 is 26.1. The molecule has 0 aliphatic carbocycles. The molecule has 7 nitrogen and oxygen atoms in total. The molecule has 1 atom stereocenters. The zero-order chi connectivity index (χ0) is 25.5. The van der Waals surface area contributed by atoms with Crippen LogP contribution in [0, 0.1) is 0 Å². The first kappa shape index (κ1) is 28.2. The van der Waals surface area contributed by atoms with E-state index in [-0.39, 0.29) is 18.1 Å². The lowest BCUT2D eigenvalue weighted by atomic mass is 10.1. The molecule has 0 unspecified atom stereocenters. The van der Waals surface area contributed by atoms with Gasteiger partial charge < -0.3 is 10.2 Å². The summed E-state index contributed by atoms with van der Waals surface area (Å²) in [4.78, 5) is 27.8. The van der Waals surface area contributed by atoms with E-state index < -0.39 is 28.5 Å². The van der Waals surface area contributed by atoms with Gasteiger partial charge in [-0.15, -0.1) is 0 Å². The predicted octanol–water partition coefficient (Wildman–Crippen LogP) is 4.75. The van der Waals surface area contributed by atoms with Gasteiger partial charge in [-0.05, 0) is 48.7 Å². The van der Waals surface area contributed by atoms with E-state index in [0.717, 1.165) is 17.0 Å². The van der Waals surface area contributed by atoms with Crippen molar-refractivity contribution in [1.29, 1.82) is 0 Å². The zero-order valence-corrected chi connectivity index (χ0v) is 22.3. The summed E-state index contributed by atoms with van der Waals surface area (Å²) in [6.45, 7) is 3.71. The highest BCUT2D eigenvalue weighted by molar-refractivity contribution is 7.92. The normalized spacial score (nSPS) is 12.2. The van der Waals surface area contributed by atoms with Crippen LogP contribution < -0.4 is 9.62 Å². The van der Waals surface area contributed by atoms with E-state index in [1.807, 2.05) is 6.92 Å². The molecule has 0 radical (unpaired) electrons. The Balaban J connectivity index is 2.44. The lowest BCUT2D eigenvalue weighted by Crippen LogP contribution is -2.52. The largest absolute Gasteiger partial charge is 0.354 e. The van der Waals surface area contributed by atoms with E-state index in [2.05, 4.69) is 5.32 Å². The lowest BCUT2D eigenvalue weighted by molar-refractivity contribution is -0.140. The molecule has 0 heterocycles. The minimum atomic E-state index is -3.83. The highest BCUT2D eigenvalue weighted by atomic mass is 35.5. The Labute approximate surface area is 216 Å². The third kappa shape index (κ3) is 7.77. The van der Waals surface area contributed by atoms with Crippen molar-refractivity contribution in [2.24, 2.45) is 0 Å². The van der Waals surface area contributed by atoms with Gasteiger partial charge in [-0.25, -0.2) is 8.42 Å². The second kappa shape index (κ2) is 12.6. The van der Waals surface area contributed by atoms with Gasteiger partial charge in [0.25, 0.3) is 0 Å². The van der Waals surface area contributed by atoms with Gasteiger partial charge in [0, 0.05) is 18.1 Å². The van der Waals surface area contributed by atoms with Crippen LogP contribution in [0.1, 0.15) is 32.3 Å². The number of rotatable bonds is 11. The van der Waals surface area contributed by atoms with Crippen molar-refractivity contribution in [3.05, 3.63) is 63.1 Å². The number of amides is 2. The number of nitrogens with one attached hydrogen (secondary N) is 1. The molecule has 0 aliphatic heterocycles. The van der Waals surface area contributed by atoms with Crippen LogP contribution >= 0.6 is 34.8 Å². The molecule has 11 heteroatoms. The fourth-order valence-electron chi connectivity index (χ4n) is 3.37. The van der Waals surface area contributed by atoms with Crippen LogP contribution in [0.15, 0.2) is 42.5 Å². The number of halogens is 3. The van der Waals surface area contributed by atoms with E-state index >= 15 is 0 Å². The Kier molecular flexibility index (Phi) is 10.5. The Bertz CT molecular complexity index is 1130. The SMILES string of the molecule is CCCNC(=O)[C@@H](CC)N(Cc1ccc(Cl)c(Cl)c1)C(=O)CN(c1cccc(Cl)c1)S(C)(=O)=O. The minimum absolute atomic E-state index is 0.0426. The van der Waals surface area contributed by atoms with Gasteiger partial charge in [0.05, 0.1) is 22.0 Å². The molecule has 1 N–H and O–H groups in total. The molecule has 0 saturated carbocycles. The number of hydrogen-bond donors (Lipinski definition) is 1. The first-order valence-corrected chi connectivity index (χ1v) is 13.7. The van der Waals surface area contributed by atoms with Gasteiger partial charge in [-0.3, -0.25) is 13.9 Å². The van der Waals surface area contributed by atoms with Crippen LogP contribution in [0.25, 0.3) is 0 Å². The van der Waals surface area contributed by atoms with E-state index in [1.165, 1.54) is 11.0 Å². The molecular formula is C23H28Cl3N3O4S. The van der Waals surface area contributed by atoms with Crippen LogP contribution in [0.3, 0.4) is 0 Å². The molecule has 0 aliphatic rings. The molecule has 186 valence electrons. The monoisotopic (exact) mass is 547 g/mol. The molecular weight excluding hydrogens is 521 g/mol. The molecule has 2 amide bonds. The van der Waals surface area contributed by atoms with E-state index in [4.69, 9.17) is 34.8 Å². The molecule has 0 bridgehead atoms. The van der Waals surface area contributed by atoms with E-state index in [9.17, 15) is 18.0 Å². The molecule has 2 aromatic rings. The zero-order valence-electron chi connectivity index (χ0n) is 19.2. The summed E-state index contributed by atoms with van der Waals surface area (Å²) in [6.07, 6.45) is 2.08. The summed E-state index contributed by atoms with van der Waals surface area (Å²) in [6, 6.07) is 10.3. The van der Waals surface area contributed by atoms with Gasteiger partial charge in [0.1, 0.15) is 12.6 Å².